The van der Waals surface area contributed by atoms with Crippen molar-refractivity contribution in [2.24, 2.45) is 0 Å². The molecule has 0 atom stereocenters. The van der Waals surface area contributed by atoms with Crippen LogP contribution in [0, 0.1) is 0 Å². The molecule has 2 rings (SSSR count). The van der Waals surface area contributed by atoms with Crippen molar-refractivity contribution < 1.29 is 14.7 Å². The summed E-state index contributed by atoms with van der Waals surface area (Å²) in [7, 11) is 0. The van der Waals surface area contributed by atoms with Crippen molar-refractivity contribution in [3.63, 3.8) is 0 Å². The van der Waals surface area contributed by atoms with Gasteiger partial charge in [0, 0.05) is 11.3 Å². The zero-order chi connectivity index (χ0) is 14.5. The highest BCUT2D eigenvalue weighted by atomic mass is 16.4. The fourth-order valence-electron chi connectivity index (χ4n) is 1.79. The minimum Gasteiger partial charge on any atom is -0.478 e. The standard InChI is InChI=1S/C16H15NO3/c1-2-11-3-5-12(6-4-11)15(18)17-14-9-7-13(8-10-14)16(19)20/h3-10H,2H2,1H3,(H,17,18)(H,19,20). The van der Waals surface area contributed by atoms with Gasteiger partial charge in [-0.05, 0) is 48.4 Å². The molecule has 0 unspecified atom stereocenters. The average molecular weight is 269 g/mol. The molecule has 2 aromatic carbocycles. The number of hydrogen-bond acceptors (Lipinski definition) is 2. The van der Waals surface area contributed by atoms with E-state index in [9.17, 15) is 9.59 Å². The van der Waals surface area contributed by atoms with E-state index >= 15 is 0 Å². The summed E-state index contributed by atoms with van der Waals surface area (Å²) in [6, 6.07) is 13.4. The van der Waals surface area contributed by atoms with Gasteiger partial charge in [0.25, 0.3) is 5.91 Å². The monoisotopic (exact) mass is 269 g/mol. The predicted molar refractivity (Wildman–Crippen MR) is 77.2 cm³/mol. The van der Waals surface area contributed by atoms with Gasteiger partial charge in [-0.3, -0.25) is 4.79 Å². The van der Waals surface area contributed by atoms with Crippen LogP contribution in [-0.4, -0.2) is 17.0 Å². The summed E-state index contributed by atoms with van der Waals surface area (Å²) in [5, 5.41) is 11.5. The summed E-state index contributed by atoms with van der Waals surface area (Å²) in [6.45, 7) is 2.05. The first-order valence-electron chi connectivity index (χ1n) is 6.34. The van der Waals surface area contributed by atoms with Gasteiger partial charge in [-0.15, -0.1) is 0 Å². The molecular weight excluding hydrogens is 254 g/mol. The first kappa shape index (κ1) is 13.8. The molecule has 0 heterocycles. The Morgan fingerprint density at radius 1 is 0.950 bits per heavy atom. The van der Waals surface area contributed by atoms with Crippen LogP contribution in [0.1, 0.15) is 33.2 Å². The van der Waals surface area contributed by atoms with Crippen LogP contribution in [0.4, 0.5) is 5.69 Å². The predicted octanol–water partition coefficient (Wildman–Crippen LogP) is 3.20. The van der Waals surface area contributed by atoms with Gasteiger partial charge >= 0.3 is 5.97 Å². The lowest BCUT2D eigenvalue weighted by atomic mass is 10.1. The lowest BCUT2D eigenvalue weighted by Gasteiger charge is -2.06. The molecule has 0 fully saturated rings. The van der Waals surface area contributed by atoms with E-state index in [4.69, 9.17) is 5.11 Å². The molecule has 4 nitrogen and oxygen atoms in total. The molecule has 0 radical (unpaired) electrons. The van der Waals surface area contributed by atoms with Gasteiger partial charge in [0.2, 0.25) is 0 Å². The third kappa shape index (κ3) is 3.23. The topological polar surface area (TPSA) is 66.4 Å². The van der Waals surface area contributed by atoms with Crippen LogP contribution in [0.3, 0.4) is 0 Å². The molecule has 0 aliphatic carbocycles. The number of carbonyl (C=O) groups excluding carboxylic acids is 1. The smallest absolute Gasteiger partial charge is 0.335 e. The van der Waals surface area contributed by atoms with Crippen molar-refractivity contribution in [2.45, 2.75) is 13.3 Å². The van der Waals surface area contributed by atoms with E-state index in [-0.39, 0.29) is 11.5 Å². The molecule has 0 bridgehead atoms. The quantitative estimate of drug-likeness (QED) is 0.895. The number of nitrogens with one attached hydrogen (secondary N) is 1. The summed E-state index contributed by atoms with van der Waals surface area (Å²) in [5.74, 6) is -1.20. The van der Waals surface area contributed by atoms with Gasteiger partial charge < -0.3 is 10.4 Å². The van der Waals surface area contributed by atoms with Crippen LogP contribution >= 0.6 is 0 Å². The fourth-order valence-corrected chi connectivity index (χ4v) is 1.79. The van der Waals surface area contributed by atoms with Crippen molar-refractivity contribution >= 4 is 17.6 Å². The van der Waals surface area contributed by atoms with E-state index in [1.807, 2.05) is 12.1 Å². The van der Waals surface area contributed by atoms with E-state index in [1.165, 1.54) is 17.7 Å². The lowest BCUT2D eigenvalue weighted by molar-refractivity contribution is 0.0696. The lowest BCUT2D eigenvalue weighted by Crippen LogP contribution is -2.12. The van der Waals surface area contributed by atoms with Crippen molar-refractivity contribution in [2.75, 3.05) is 5.32 Å². The number of aromatic carboxylic acids is 1. The van der Waals surface area contributed by atoms with E-state index in [1.54, 1.807) is 24.3 Å². The molecule has 0 aromatic heterocycles. The molecule has 1 amide bonds. The normalized spacial score (nSPS) is 10.1. The highest BCUT2D eigenvalue weighted by Gasteiger charge is 2.07. The second-order valence-electron chi connectivity index (χ2n) is 4.39. The summed E-state index contributed by atoms with van der Waals surface area (Å²) in [5.41, 5.74) is 2.51. The summed E-state index contributed by atoms with van der Waals surface area (Å²) in [4.78, 5) is 22.7. The Morgan fingerprint density at radius 2 is 1.50 bits per heavy atom. The third-order valence-electron chi connectivity index (χ3n) is 3.01. The van der Waals surface area contributed by atoms with Crippen molar-refractivity contribution in [1.82, 2.24) is 0 Å². The Balaban J connectivity index is 2.08. The number of anilines is 1. The van der Waals surface area contributed by atoms with Crippen LogP contribution < -0.4 is 5.32 Å². The molecule has 20 heavy (non-hydrogen) atoms. The van der Waals surface area contributed by atoms with Gasteiger partial charge in [0.05, 0.1) is 5.56 Å². The fraction of sp³-hybridized carbons (Fsp3) is 0.125. The number of amides is 1. The SMILES string of the molecule is CCc1ccc(C(=O)Nc2ccc(C(=O)O)cc2)cc1. The van der Waals surface area contributed by atoms with Crippen LogP contribution in [0.15, 0.2) is 48.5 Å². The molecule has 2 aromatic rings. The minimum atomic E-state index is -0.988. The number of carboxylic acids is 1. The van der Waals surface area contributed by atoms with E-state index in [0.717, 1.165) is 6.42 Å². The first-order chi connectivity index (χ1) is 9.60. The second-order valence-corrected chi connectivity index (χ2v) is 4.39. The zero-order valence-corrected chi connectivity index (χ0v) is 11.1. The average Bonchev–Trinajstić information content (AvgIpc) is 2.48. The van der Waals surface area contributed by atoms with Gasteiger partial charge in [-0.1, -0.05) is 19.1 Å². The van der Waals surface area contributed by atoms with Crippen LogP contribution in [0.5, 0.6) is 0 Å². The molecule has 0 aliphatic heterocycles. The van der Waals surface area contributed by atoms with Crippen LogP contribution in [0.2, 0.25) is 0 Å². The zero-order valence-electron chi connectivity index (χ0n) is 11.1. The van der Waals surface area contributed by atoms with E-state index in [2.05, 4.69) is 12.2 Å². The van der Waals surface area contributed by atoms with Gasteiger partial charge in [0.15, 0.2) is 0 Å². The largest absolute Gasteiger partial charge is 0.478 e. The Hall–Kier alpha value is -2.62. The number of hydrogen-bond donors (Lipinski definition) is 2. The molecule has 0 saturated heterocycles. The first-order valence-corrected chi connectivity index (χ1v) is 6.34. The maximum Gasteiger partial charge on any atom is 0.335 e. The van der Waals surface area contributed by atoms with Gasteiger partial charge in [-0.2, -0.15) is 0 Å². The van der Waals surface area contributed by atoms with Crippen LogP contribution in [0.25, 0.3) is 0 Å². The Morgan fingerprint density at radius 3 is 2.00 bits per heavy atom. The highest BCUT2D eigenvalue weighted by Crippen LogP contribution is 2.12. The number of carbonyl (C=O) groups is 2. The van der Waals surface area contributed by atoms with Crippen molar-refractivity contribution in [1.29, 1.82) is 0 Å². The summed E-state index contributed by atoms with van der Waals surface area (Å²) in [6.07, 6.45) is 0.929. The number of rotatable bonds is 4. The highest BCUT2D eigenvalue weighted by molar-refractivity contribution is 6.04. The van der Waals surface area contributed by atoms with E-state index in [0.29, 0.717) is 11.3 Å². The van der Waals surface area contributed by atoms with Gasteiger partial charge in [0.1, 0.15) is 0 Å². The molecule has 0 saturated carbocycles. The Kier molecular flexibility index (Phi) is 4.15. The summed E-state index contributed by atoms with van der Waals surface area (Å²) >= 11 is 0. The third-order valence-corrected chi connectivity index (χ3v) is 3.01. The van der Waals surface area contributed by atoms with Crippen LogP contribution in [-0.2, 0) is 6.42 Å². The number of benzene rings is 2. The maximum atomic E-state index is 12.0. The Labute approximate surface area is 117 Å². The molecule has 0 aliphatic rings. The van der Waals surface area contributed by atoms with Crippen molar-refractivity contribution in [3.05, 3.63) is 65.2 Å². The Bertz CT molecular complexity index is 615. The second kappa shape index (κ2) is 6.02. The number of carboxylic acid groups (broad SMARTS) is 1. The summed E-state index contributed by atoms with van der Waals surface area (Å²) < 4.78 is 0. The van der Waals surface area contributed by atoms with Gasteiger partial charge in [-0.25, -0.2) is 4.79 Å². The van der Waals surface area contributed by atoms with Crippen molar-refractivity contribution in [3.8, 4) is 0 Å². The molecule has 2 N–H and O–H groups in total. The molecule has 102 valence electrons. The number of aryl methyl sites for hydroxylation is 1. The molecular formula is C16H15NO3. The molecule has 0 spiro atoms. The molecule has 4 heteroatoms. The minimum absolute atomic E-state index is 0.190. The maximum absolute atomic E-state index is 12.0. The van der Waals surface area contributed by atoms with E-state index < -0.39 is 5.97 Å².